The lowest BCUT2D eigenvalue weighted by atomic mass is 10.2. The van der Waals surface area contributed by atoms with Crippen molar-refractivity contribution >= 4 is 15.9 Å². The molecule has 1 aromatic carbocycles. The van der Waals surface area contributed by atoms with Crippen molar-refractivity contribution in [1.82, 2.24) is 14.5 Å². The molecule has 0 saturated carbocycles. The number of hydrogen-bond acceptors (Lipinski definition) is 6. The van der Waals surface area contributed by atoms with Crippen molar-refractivity contribution < 1.29 is 22.7 Å². The van der Waals surface area contributed by atoms with Crippen LogP contribution in [0.2, 0.25) is 0 Å². The molecule has 0 unspecified atom stereocenters. The molecule has 8 nitrogen and oxygen atoms in total. The van der Waals surface area contributed by atoms with E-state index < -0.39 is 10.0 Å². The van der Waals surface area contributed by atoms with E-state index in [0.717, 1.165) is 13.0 Å². The first-order chi connectivity index (χ1) is 12.4. The number of nitrogens with zero attached hydrogens (tertiary/aromatic N) is 2. The van der Waals surface area contributed by atoms with Crippen LogP contribution in [0, 0.1) is 0 Å². The number of carbonyl (C=O) groups is 1. The molecule has 1 aromatic rings. The molecule has 0 aliphatic carbocycles. The Labute approximate surface area is 155 Å². The van der Waals surface area contributed by atoms with Crippen LogP contribution in [0.4, 0.5) is 0 Å². The third-order valence-corrected chi connectivity index (χ3v) is 5.99. The fourth-order valence-electron chi connectivity index (χ4n) is 2.65. The van der Waals surface area contributed by atoms with Crippen molar-refractivity contribution in [1.29, 1.82) is 0 Å². The fourth-order valence-corrected chi connectivity index (χ4v) is 4.09. The fraction of sp³-hybridized carbons (Fsp3) is 0.588. The summed E-state index contributed by atoms with van der Waals surface area (Å²) < 4.78 is 37.4. The highest BCUT2D eigenvalue weighted by molar-refractivity contribution is 7.89. The highest BCUT2D eigenvalue weighted by atomic mass is 32.2. The molecule has 1 amide bonds. The van der Waals surface area contributed by atoms with Gasteiger partial charge in [-0.2, -0.15) is 4.31 Å². The summed E-state index contributed by atoms with van der Waals surface area (Å²) in [5, 5.41) is 2.81. The number of carbonyl (C=O) groups excluding carboxylic acids is 1. The lowest BCUT2D eigenvalue weighted by molar-refractivity contribution is 0.0730. The van der Waals surface area contributed by atoms with E-state index in [2.05, 4.69) is 5.32 Å². The molecule has 1 fully saturated rings. The second-order valence-corrected chi connectivity index (χ2v) is 8.23. The van der Waals surface area contributed by atoms with E-state index in [-0.39, 0.29) is 16.4 Å². The van der Waals surface area contributed by atoms with Gasteiger partial charge in [-0.05, 0) is 45.3 Å². The first kappa shape index (κ1) is 20.6. The molecular formula is C17H27N3O5S. The highest BCUT2D eigenvalue weighted by Gasteiger charge is 2.28. The van der Waals surface area contributed by atoms with Gasteiger partial charge in [-0.15, -0.1) is 0 Å². The predicted molar refractivity (Wildman–Crippen MR) is 98.1 cm³/mol. The summed E-state index contributed by atoms with van der Waals surface area (Å²) in [7, 11) is 1.71. The average Bonchev–Trinajstić information content (AvgIpc) is 2.65. The SMILES string of the molecule is COc1ccc(S(=O)(=O)N2CCOCC2)cc1C(=O)NCCCN(C)C. The van der Waals surface area contributed by atoms with Gasteiger partial charge in [-0.1, -0.05) is 0 Å². The van der Waals surface area contributed by atoms with Crippen molar-refractivity contribution in [3.63, 3.8) is 0 Å². The summed E-state index contributed by atoms with van der Waals surface area (Å²) >= 11 is 0. The summed E-state index contributed by atoms with van der Waals surface area (Å²) in [5.41, 5.74) is 0.215. The predicted octanol–water partition coefficient (Wildman–Crippen LogP) is 0.398. The lowest BCUT2D eigenvalue weighted by Gasteiger charge is -2.26. The van der Waals surface area contributed by atoms with Crippen LogP contribution < -0.4 is 10.1 Å². The topological polar surface area (TPSA) is 88.2 Å². The van der Waals surface area contributed by atoms with Crippen molar-refractivity contribution in [2.45, 2.75) is 11.3 Å². The van der Waals surface area contributed by atoms with Crippen LogP contribution in [0.25, 0.3) is 0 Å². The number of ether oxygens (including phenoxy) is 2. The van der Waals surface area contributed by atoms with E-state index in [9.17, 15) is 13.2 Å². The average molecular weight is 385 g/mol. The normalized spacial score (nSPS) is 15.8. The van der Waals surface area contributed by atoms with Crippen LogP contribution in [0.5, 0.6) is 5.75 Å². The molecule has 1 saturated heterocycles. The van der Waals surface area contributed by atoms with E-state index in [1.807, 2.05) is 19.0 Å². The molecule has 1 heterocycles. The number of hydrogen-bond donors (Lipinski definition) is 1. The van der Waals surface area contributed by atoms with Crippen molar-refractivity contribution in [3.8, 4) is 5.75 Å². The Kier molecular flexibility index (Phi) is 7.39. The third-order valence-electron chi connectivity index (χ3n) is 4.09. The van der Waals surface area contributed by atoms with Crippen LogP contribution in [-0.4, -0.2) is 84.1 Å². The number of methoxy groups -OCH3 is 1. The van der Waals surface area contributed by atoms with E-state index in [0.29, 0.717) is 38.6 Å². The number of amides is 1. The molecule has 1 aliphatic heterocycles. The second-order valence-electron chi connectivity index (χ2n) is 6.29. The van der Waals surface area contributed by atoms with Gasteiger partial charge in [0.1, 0.15) is 5.75 Å². The molecule has 1 aliphatic rings. The number of benzene rings is 1. The quantitative estimate of drug-likeness (QED) is 0.652. The van der Waals surface area contributed by atoms with Gasteiger partial charge in [-0.25, -0.2) is 8.42 Å². The van der Waals surface area contributed by atoms with E-state index in [1.165, 1.54) is 29.6 Å². The van der Waals surface area contributed by atoms with Gasteiger partial charge in [0.2, 0.25) is 10.0 Å². The molecule has 26 heavy (non-hydrogen) atoms. The minimum atomic E-state index is -3.67. The first-order valence-corrected chi connectivity index (χ1v) is 9.99. The van der Waals surface area contributed by atoms with Gasteiger partial charge in [-0.3, -0.25) is 4.79 Å². The Hall–Kier alpha value is -1.68. The van der Waals surface area contributed by atoms with E-state index in [4.69, 9.17) is 9.47 Å². The maximum absolute atomic E-state index is 12.8. The molecule has 0 radical (unpaired) electrons. The van der Waals surface area contributed by atoms with Crippen LogP contribution in [0.15, 0.2) is 23.1 Å². The number of sulfonamides is 1. The Morgan fingerprint density at radius 2 is 2.00 bits per heavy atom. The van der Waals surface area contributed by atoms with Gasteiger partial charge < -0.3 is 19.7 Å². The standard InChI is InChI=1S/C17H27N3O5S/c1-19(2)8-4-7-18-17(21)15-13-14(5-6-16(15)24-3)26(22,23)20-9-11-25-12-10-20/h5-6,13H,4,7-12H2,1-3H3,(H,18,21). The molecule has 146 valence electrons. The molecule has 0 atom stereocenters. The van der Waals surface area contributed by atoms with Gasteiger partial charge in [0, 0.05) is 19.6 Å². The second kappa shape index (κ2) is 9.31. The monoisotopic (exact) mass is 385 g/mol. The Morgan fingerprint density at radius 1 is 1.31 bits per heavy atom. The van der Waals surface area contributed by atoms with Crippen molar-refractivity contribution in [2.75, 3.05) is 60.6 Å². The maximum atomic E-state index is 12.8. The van der Waals surface area contributed by atoms with Crippen LogP contribution in [0.1, 0.15) is 16.8 Å². The Morgan fingerprint density at radius 3 is 2.62 bits per heavy atom. The summed E-state index contributed by atoms with van der Waals surface area (Å²) in [6.07, 6.45) is 0.798. The molecular weight excluding hydrogens is 358 g/mol. The first-order valence-electron chi connectivity index (χ1n) is 8.55. The van der Waals surface area contributed by atoms with Crippen LogP contribution in [0.3, 0.4) is 0 Å². The van der Waals surface area contributed by atoms with E-state index >= 15 is 0 Å². The van der Waals surface area contributed by atoms with Gasteiger partial charge in [0.05, 0.1) is 30.8 Å². The zero-order valence-electron chi connectivity index (χ0n) is 15.5. The van der Waals surface area contributed by atoms with Gasteiger partial charge >= 0.3 is 0 Å². The Balaban J connectivity index is 2.18. The number of rotatable bonds is 8. The summed E-state index contributed by atoms with van der Waals surface area (Å²) in [6.45, 7) is 2.70. The Bertz CT molecular complexity index is 715. The maximum Gasteiger partial charge on any atom is 0.255 e. The summed E-state index contributed by atoms with van der Waals surface area (Å²) in [5.74, 6) is -0.00401. The number of nitrogens with one attached hydrogen (secondary N) is 1. The third kappa shape index (κ3) is 5.16. The molecule has 0 spiro atoms. The minimum absolute atomic E-state index is 0.0821. The lowest BCUT2D eigenvalue weighted by Crippen LogP contribution is -2.40. The van der Waals surface area contributed by atoms with Crippen molar-refractivity contribution in [2.24, 2.45) is 0 Å². The molecule has 0 aromatic heterocycles. The molecule has 0 bridgehead atoms. The van der Waals surface area contributed by atoms with Crippen LogP contribution in [-0.2, 0) is 14.8 Å². The molecule has 9 heteroatoms. The smallest absolute Gasteiger partial charge is 0.255 e. The molecule has 1 N–H and O–H groups in total. The minimum Gasteiger partial charge on any atom is -0.496 e. The largest absolute Gasteiger partial charge is 0.496 e. The zero-order chi connectivity index (χ0) is 19.2. The molecule has 2 rings (SSSR count). The van der Waals surface area contributed by atoms with Gasteiger partial charge in [0.25, 0.3) is 5.91 Å². The zero-order valence-corrected chi connectivity index (χ0v) is 16.3. The number of morpholine rings is 1. The summed E-state index contributed by atoms with van der Waals surface area (Å²) in [4.78, 5) is 14.6. The van der Waals surface area contributed by atoms with Gasteiger partial charge in [0.15, 0.2) is 0 Å². The van der Waals surface area contributed by atoms with E-state index in [1.54, 1.807) is 0 Å². The summed E-state index contributed by atoms with van der Waals surface area (Å²) in [6, 6.07) is 4.36. The van der Waals surface area contributed by atoms with Crippen molar-refractivity contribution in [3.05, 3.63) is 23.8 Å². The highest BCUT2D eigenvalue weighted by Crippen LogP contribution is 2.25. The van der Waals surface area contributed by atoms with Crippen LogP contribution >= 0.6 is 0 Å².